The third-order valence-electron chi connectivity index (χ3n) is 2.28. The van der Waals surface area contributed by atoms with Crippen molar-refractivity contribution < 1.29 is 8.42 Å². The number of rotatable bonds is 4. The number of aryl methyl sites for hydroxylation is 1. The first-order valence-corrected chi connectivity index (χ1v) is 6.46. The Balaban J connectivity index is 3.10. The van der Waals surface area contributed by atoms with Crippen molar-refractivity contribution in [3.63, 3.8) is 0 Å². The van der Waals surface area contributed by atoms with Crippen LogP contribution in [0.3, 0.4) is 0 Å². The summed E-state index contributed by atoms with van der Waals surface area (Å²) in [5.74, 6) is 2.35. The van der Waals surface area contributed by atoms with Crippen LogP contribution in [0, 0.1) is 19.3 Å². The summed E-state index contributed by atoms with van der Waals surface area (Å²) in [7, 11) is -3.44. The molecule has 0 radical (unpaired) electrons. The topological polar surface area (TPSA) is 37.4 Å². The molecular formula is C12H15NO2S. The minimum atomic E-state index is -3.44. The summed E-state index contributed by atoms with van der Waals surface area (Å²) in [5, 5.41) is 0. The number of sulfonamides is 1. The van der Waals surface area contributed by atoms with Gasteiger partial charge in [0.15, 0.2) is 0 Å². The maximum Gasteiger partial charge on any atom is 0.243 e. The summed E-state index contributed by atoms with van der Waals surface area (Å²) in [5.41, 5.74) is 1.03. The second-order valence-electron chi connectivity index (χ2n) is 3.45. The first-order chi connectivity index (χ1) is 7.52. The van der Waals surface area contributed by atoms with Gasteiger partial charge in [0.1, 0.15) is 0 Å². The average molecular weight is 237 g/mol. The van der Waals surface area contributed by atoms with Crippen LogP contribution in [-0.4, -0.2) is 25.8 Å². The molecule has 0 aliphatic carbocycles. The van der Waals surface area contributed by atoms with E-state index in [-0.39, 0.29) is 11.4 Å². The van der Waals surface area contributed by atoms with Gasteiger partial charge in [-0.2, -0.15) is 4.31 Å². The molecular weight excluding hydrogens is 222 g/mol. The van der Waals surface area contributed by atoms with E-state index in [4.69, 9.17) is 6.42 Å². The average Bonchev–Trinajstić information content (AvgIpc) is 2.26. The zero-order valence-corrected chi connectivity index (χ0v) is 10.3. The van der Waals surface area contributed by atoms with Gasteiger partial charge in [-0.05, 0) is 19.1 Å². The van der Waals surface area contributed by atoms with Crippen molar-refractivity contribution in [3.05, 3.63) is 29.8 Å². The van der Waals surface area contributed by atoms with Crippen LogP contribution in [0.1, 0.15) is 12.5 Å². The Bertz CT molecular complexity index is 483. The predicted molar refractivity (Wildman–Crippen MR) is 64.4 cm³/mol. The number of hydrogen-bond acceptors (Lipinski definition) is 2. The van der Waals surface area contributed by atoms with Crippen LogP contribution >= 0.6 is 0 Å². The van der Waals surface area contributed by atoms with Crippen molar-refractivity contribution in [1.82, 2.24) is 4.31 Å². The van der Waals surface area contributed by atoms with Crippen LogP contribution < -0.4 is 0 Å². The molecule has 0 spiro atoms. The van der Waals surface area contributed by atoms with Gasteiger partial charge < -0.3 is 0 Å². The fourth-order valence-corrected chi connectivity index (χ4v) is 2.69. The molecule has 1 aromatic carbocycles. The Morgan fingerprint density at radius 3 is 2.31 bits per heavy atom. The molecule has 0 amide bonds. The van der Waals surface area contributed by atoms with Gasteiger partial charge >= 0.3 is 0 Å². The number of terminal acetylenes is 1. The highest BCUT2D eigenvalue weighted by Gasteiger charge is 2.21. The van der Waals surface area contributed by atoms with Gasteiger partial charge in [-0.25, -0.2) is 8.42 Å². The van der Waals surface area contributed by atoms with E-state index in [2.05, 4.69) is 5.92 Å². The van der Waals surface area contributed by atoms with Crippen molar-refractivity contribution in [2.75, 3.05) is 13.1 Å². The van der Waals surface area contributed by atoms with Gasteiger partial charge in [-0.1, -0.05) is 30.5 Å². The molecule has 3 nitrogen and oxygen atoms in total. The van der Waals surface area contributed by atoms with Crippen LogP contribution in [0.2, 0.25) is 0 Å². The largest absolute Gasteiger partial charge is 0.243 e. The van der Waals surface area contributed by atoms with E-state index in [0.29, 0.717) is 6.54 Å². The van der Waals surface area contributed by atoms with Crippen molar-refractivity contribution in [2.45, 2.75) is 18.7 Å². The molecule has 0 saturated carbocycles. The molecule has 0 fully saturated rings. The lowest BCUT2D eigenvalue weighted by atomic mass is 10.2. The van der Waals surface area contributed by atoms with Gasteiger partial charge in [0, 0.05) is 6.54 Å². The fraction of sp³-hybridized carbons (Fsp3) is 0.333. The summed E-state index contributed by atoms with van der Waals surface area (Å²) in [6.45, 7) is 4.16. The lowest BCUT2D eigenvalue weighted by Gasteiger charge is -2.17. The maximum atomic E-state index is 12.1. The molecule has 0 atom stereocenters. The summed E-state index contributed by atoms with van der Waals surface area (Å²) in [6, 6.07) is 6.75. The van der Waals surface area contributed by atoms with Crippen molar-refractivity contribution in [2.24, 2.45) is 0 Å². The van der Waals surface area contributed by atoms with Crippen molar-refractivity contribution in [3.8, 4) is 12.3 Å². The zero-order valence-electron chi connectivity index (χ0n) is 9.47. The van der Waals surface area contributed by atoms with Gasteiger partial charge in [0.2, 0.25) is 10.0 Å². The van der Waals surface area contributed by atoms with E-state index in [1.807, 2.05) is 6.92 Å². The molecule has 1 aromatic rings. The second-order valence-corrected chi connectivity index (χ2v) is 5.39. The lowest BCUT2D eigenvalue weighted by molar-refractivity contribution is 0.464. The molecule has 0 heterocycles. The highest BCUT2D eigenvalue weighted by Crippen LogP contribution is 2.15. The van der Waals surface area contributed by atoms with E-state index in [1.54, 1.807) is 31.2 Å². The number of benzene rings is 1. The Hall–Kier alpha value is -1.31. The number of hydrogen-bond donors (Lipinski definition) is 0. The minimum Gasteiger partial charge on any atom is -0.207 e. The first kappa shape index (κ1) is 12.8. The second kappa shape index (κ2) is 5.15. The molecule has 0 saturated heterocycles. The molecule has 86 valence electrons. The SMILES string of the molecule is C#CCN(CC)S(=O)(=O)c1ccc(C)cc1. The fourth-order valence-electron chi connectivity index (χ4n) is 1.33. The third-order valence-corrected chi connectivity index (χ3v) is 4.21. The molecule has 0 N–H and O–H groups in total. The van der Waals surface area contributed by atoms with Gasteiger partial charge in [-0.15, -0.1) is 6.42 Å². The Morgan fingerprint density at radius 2 is 1.88 bits per heavy atom. The Morgan fingerprint density at radius 1 is 1.31 bits per heavy atom. The van der Waals surface area contributed by atoms with E-state index in [1.165, 1.54) is 4.31 Å². The quantitative estimate of drug-likeness (QED) is 0.747. The smallest absolute Gasteiger partial charge is 0.207 e. The van der Waals surface area contributed by atoms with E-state index < -0.39 is 10.0 Å². The van der Waals surface area contributed by atoms with Crippen LogP contribution in [0.5, 0.6) is 0 Å². The van der Waals surface area contributed by atoms with Gasteiger partial charge in [0.05, 0.1) is 11.4 Å². The van der Waals surface area contributed by atoms with Crippen LogP contribution in [0.25, 0.3) is 0 Å². The lowest BCUT2D eigenvalue weighted by Crippen LogP contribution is -2.31. The Labute approximate surface area is 97.1 Å². The van der Waals surface area contributed by atoms with Crippen LogP contribution in [0.15, 0.2) is 29.2 Å². The van der Waals surface area contributed by atoms with Crippen LogP contribution in [-0.2, 0) is 10.0 Å². The van der Waals surface area contributed by atoms with E-state index in [9.17, 15) is 8.42 Å². The predicted octanol–water partition coefficient (Wildman–Crippen LogP) is 1.64. The molecule has 0 aromatic heterocycles. The van der Waals surface area contributed by atoms with Crippen LogP contribution in [0.4, 0.5) is 0 Å². The Kier molecular flexibility index (Phi) is 4.11. The summed E-state index contributed by atoms with van der Waals surface area (Å²) >= 11 is 0. The highest BCUT2D eigenvalue weighted by atomic mass is 32.2. The first-order valence-electron chi connectivity index (χ1n) is 5.02. The molecule has 1 rings (SSSR count). The summed E-state index contributed by atoms with van der Waals surface area (Å²) in [6.07, 6.45) is 5.15. The highest BCUT2D eigenvalue weighted by molar-refractivity contribution is 7.89. The minimum absolute atomic E-state index is 0.104. The van der Waals surface area contributed by atoms with E-state index in [0.717, 1.165) is 5.56 Å². The van der Waals surface area contributed by atoms with E-state index >= 15 is 0 Å². The van der Waals surface area contributed by atoms with Gasteiger partial charge in [0.25, 0.3) is 0 Å². The zero-order chi connectivity index (χ0) is 12.2. The molecule has 0 bridgehead atoms. The standard InChI is InChI=1S/C12H15NO2S/c1-4-10-13(5-2)16(14,15)12-8-6-11(3)7-9-12/h1,6-9H,5,10H2,2-3H3. The monoisotopic (exact) mass is 237 g/mol. The molecule has 4 heteroatoms. The van der Waals surface area contributed by atoms with Crippen molar-refractivity contribution >= 4 is 10.0 Å². The number of nitrogens with zero attached hydrogens (tertiary/aromatic N) is 1. The van der Waals surface area contributed by atoms with Gasteiger partial charge in [-0.3, -0.25) is 0 Å². The maximum absolute atomic E-state index is 12.1. The molecule has 0 unspecified atom stereocenters. The molecule has 16 heavy (non-hydrogen) atoms. The summed E-state index contributed by atoms with van der Waals surface area (Å²) in [4.78, 5) is 0.287. The van der Waals surface area contributed by atoms with Crippen molar-refractivity contribution in [1.29, 1.82) is 0 Å². The molecule has 0 aliphatic rings. The summed E-state index contributed by atoms with van der Waals surface area (Å²) < 4.78 is 25.5. The normalized spacial score (nSPS) is 11.4. The molecule has 0 aliphatic heterocycles. The third kappa shape index (κ3) is 2.63.